The van der Waals surface area contributed by atoms with E-state index in [2.05, 4.69) is 20.4 Å². The standard InChI is InChI=1S/C16H20N4O/c1-10-4-5-17-9-14(10)16-19-15(21-20-16)8-11-6-12-2-3-13(7-11)18-12/h4-5,9,11-13,18H,2-3,6-8H2,1H3. The van der Waals surface area contributed by atoms with Gasteiger partial charge in [-0.05, 0) is 50.2 Å². The van der Waals surface area contributed by atoms with Gasteiger partial charge in [0.15, 0.2) is 0 Å². The molecule has 2 bridgehead atoms. The monoisotopic (exact) mass is 284 g/mol. The van der Waals surface area contributed by atoms with Crippen LogP contribution in [0, 0.1) is 12.8 Å². The van der Waals surface area contributed by atoms with Crippen molar-refractivity contribution in [2.24, 2.45) is 5.92 Å². The van der Waals surface area contributed by atoms with Gasteiger partial charge in [0, 0.05) is 36.5 Å². The highest BCUT2D eigenvalue weighted by atomic mass is 16.5. The molecule has 21 heavy (non-hydrogen) atoms. The number of rotatable bonds is 3. The molecule has 0 aliphatic carbocycles. The smallest absolute Gasteiger partial charge is 0.227 e. The molecule has 5 nitrogen and oxygen atoms in total. The van der Waals surface area contributed by atoms with Gasteiger partial charge in [0.05, 0.1) is 0 Å². The van der Waals surface area contributed by atoms with Gasteiger partial charge in [-0.15, -0.1) is 0 Å². The maximum atomic E-state index is 5.46. The van der Waals surface area contributed by atoms with Crippen LogP contribution in [0.1, 0.15) is 37.1 Å². The molecule has 2 aliphatic rings. The van der Waals surface area contributed by atoms with Crippen molar-refractivity contribution in [3.8, 4) is 11.4 Å². The average Bonchev–Trinajstić information content (AvgIpc) is 3.06. The van der Waals surface area contributed by atoms with Gasteiger partial charge in [-0.25, -0.2) is 0 Å². The Morgan fingerprint density at radius 2 is 2.10 bits per heavy atom. The fourth-order valence-corrected chi connectivity index (χ4v) is 3.73. The van der Waals surface area contributed by atoms with Gasteiger partial charge in [-0.2, -0.15) is 4.98 Å². The van der Waals surface area contributed by atoms with Crippen LogP contribution < -0.4 is 5.32 Å². The number of fused-ring (bicyclic) bond motifs is 2. The maximum absolute atomic E-state index is 5.46. The van der Waals surface area contributed by atoms with Crippen molar-refractivity contribution in [1.29, 1.82) is 0 Å². The molecule has 2 saturated heterocycles. The largest absolute Gasteiger partial charge is 0.339 e. The molecule has 2 aromatic rings. The second-order valence-corrected chi connectivity index (χ2v) is 6.38. The first kappa shape index (κ1) is 13.0. The van der Waals surface area contributed by atoms with E-state index in [0.29, 0.717) is 23.8 Å². The normalized spacial score (nSPS) is 28.0. The molecule has 110 valence electrons. The zero-order valence-electron chi connectivity index (χ0n) is 12.2. The molecule has 5 heteroatoms. The molecule has 0 saturated carbocycles. The number of nitrogens with one attached hydrogen (secondary N) is 1. The Bertz CT molecular complexity index is 627. The minimum Gasteiger partial charge on any atom is -0.339 e. The molecular formula is C16H20N4O. The second-order valence-electron chi connectivity index (χ2n) is 6.38. The van der Waals surface area contributed by atoms with Crippen molar-refractivity contribution >= 4 is 0 Å². The molecule has 4 rings (SSSR count). The summed E-state index contributed by atoms with van der Waals surface area (Å²) in [6.45, 7) is 2.04. The van der Waals surface area contributed by atoms with Crippen LogP contribution in [0.3, 0.4) is 0 Å². The van der Waals surface area contributed by atoms with Crippen molar-refractivity contribution in [2.45, 2.75) is 51.1 Å². The average molecular weight is 284 g/mol. The van der Waals surface area contributed by atoms with Crippen LogP contribution in [0.5, 0.6) is 0 Å². The maximum Gasteiger partial charge on any atom is 0.227 e. The molecule has 4 heterocycles. The van der Waals surface area contributed by atoms with Gasteiger partial charge in [0.25, 0.3) is 0 Å². The fraction of sp³-hybridized carbons (Fsp3) is 0.562. The van der Waals surface area contributed by atoms with Crippen LogP contribution in [0.4, 0.5) is 0 Å². The van der Waals surface area contributed by atoms with Crippen LogP contribution in [-0.2, 0) is 6.42 Å². The highest BCUT2D eigenvalue weighted by Crippen LogP contribution is 2.32. The Morgan fingerprint density at radius 1 is 1.29 bits per heavy atom. The Hall–Kier alpha value is -1.75. The lowest BCUT2D eigenvalue weighted by molar-refractivity contribution is 0.270. The SMILES string of the molecule is Cc1ccncc1-c1noc(CC2CC3CCC(C2)N3)n1. The summed E-state index contributed by atoms with van der Waals surface area (Å²) >= 11 is 0. The van der Waals surface area contributed by atoms with Crippen LogP contribution in [-0.4, -0.2) is 27.2 Å². The number of aromatic nitrogens is 3. The van der Waals surface area contributed by atoms with E-state index in [1.165, 1.54) is 25.7 Å². The molecule has 0 aromatic carbocycles. The van der Waals surface area contributed by atoms with Crippen molar-refractivity contribution < 1.29 is 4.52 Å². The fourth-order valence-electron chi connectivity index (χ4n) is 3.73. The van der Waals surface area contributed by atoms with Gasteiger partial charge in [-0.1, -0.05) is 5.16 Å². The lowest BCUT2D eigenvalue weighted by Crippen LogP contribution is -2.38. The number of pyridine rings is 1. The number of aryl methyl sites for hydroxylation is 1. The van der Waals surface area contributed by atoms with Crippen molar-refractivity contribution in [2.75, 3.05) is 0 Å². The molecule has 2 aliphatic heterocycles. The predicted octanol–water partition coefficient (Wildman–Crippen LogP) is 2.51. The van der Waals surface area contributed by atoms with Gasteiger partial charge < -0.3 is 9.84 Å². The molecular weight excluding hydrogens is 264 g/mol. The van der Waals surface area contributed by atoms with Crippen molar-refractivity contribution in [3.05, 3.63) is 29.9 Å². The summed E-state index contributed by atoms with van der Waals surface area (Å²) in [7, 11) is 0. The zero-order chi connectivity index (χ0) is 14.2. The third-order valence-corrected chi connectivity index (χ3v) is 4.78. The van der Waals surface area contributed by atoms with E-state index >= 15 is 0 Å². The molecule has 2 aromatic heterocycles. The minimum absolute atomic E-state index is 0.660. The predicted molar refractivity (Wildman–Crippen MR) is 78.6 cm³/mol. The first-order valence-corrected chi connectivity index (χ1v) is 7.77. The van der Waals surface area contributed by atoms with Crippen molar-refractivity contribution in [3.63, 3.8) is 0 Å². The lowest BCUT2D eigenvalue weighted by Gasteiger charge is -2.27. The van der Waals surface area contributed by atoms with E-state index in [9.17, 15) is 0 Å². The second kappa shape index (κ2) is 5.22. The molecule has 2 unspecified atom stereocenters. The summed E-state index contributed by atoms with van der Waals surface area (Å²) in [5.74, 6) is 2.10. The molecule has 2 atom stereocenters. The molecule has 2 fully saturated rings. The van der Waals surface area contributed by atoms with E-state index < -0.39 is 0 Å². The van der Waals surface area contributed by atoms with Gasteiger partial charge >= 0.3 is 0 Å². The van der Waals surface area contributed by atoms with E-state index in [1.54, 1.807) is 12.4 Å². The highest BCUT2D eigenvalue weighted by Gasteiger charge is 2.34. The van der Waals surface area contributed by atoms with Crippen LogP contribution in [0.2, 0.25) is 0 Å². The summed E-state index contributed by atoms with van der Waals surface area (Å²) < 4.78 is 5.46. The van der Waals surface area contributed by atoms with E-state index in [0.717, 1.165) is 23.4 Å². The molecule has 0 spiro atoms. The number of nitrogens with zero attached hydrogens (tertiary/aromatic N) is 3. The summed E-state index contributed by atoms with van der Waals surface area (Å²) in [5.41, 5.74) is 2.08. The van der Waals surface area contributed by atoms with E-state index in [-0.39, 0.29) is 0 Å². The first-order valence-electron chi connectivity index (χ1n) is 7.77. The third-order valence-electron chi connectivity index (χ3n) is 4.78. The summed E-state index contributed by atoms with van der Waals surface area (Å²) in [6, 6.07) is 3.38. The molecule has 1 N–H and O–H groups in total. The van der Waals surface area contributed by atoms with Gasteiger partial charge in [-0.3, -0.25) is 4.98 Å². The van der Waals surface area contributed by atoms with Gasteiger partial charge in [0.2, 0.25) is 11.7 Å². The van der Waals surface area contributed by atoms with Crippen LogP contribution >= 0.6 is 0 Å². The topological polar surface area (TPSA) is 63.8 Å². The summed E-state index contributed by atoms with van der Waals surface area (Å²) in [6.07, 6.45) is 9.61. The van der Waals surface area contributed by atoms with Crippen LogP contribution in [0.15, 0.2) is 23.0 Å². The summed E-state index contributed by atoms with van der Waals surface area (Å²) in [5, 5.41) is 7.79. The van der Waals surface area contributed by atoms with E-state index in [1.807, 2.05) is 13.0 Å². The quantitative estimate of drug-likeness (QED) is 0.938. The number of hydrogen-bond donors (Lipinski definition) is 1. The van der Waals surface area contributed by atoms with E-state index in [4.69, 9.17) is 4.52 Å². The number of hydrogen-bond acceptors (Lipinski definition) is 5. The number of piperidine rings is 1. The highest BCUT2D eigenvalue weighted by molar-refractivity contribution is 5.57. The Kier molecular flexibility index (Phi) is 3.22. The minimum atomic E-state index is 0.660. The lowest BCUT2D eigenvalue weighted by atomic mass is 9.90. The summed E-state index contributed by atoms with van der Waals surface area (Å²) in [4.78, 5) is 8.71. The molecule has 0 amide bonds. The Labute approximate surface area is 124 Å². The first-order chi connectivity index (χ1) is 10.3. The molecule has 0 radical (unpaired) electrons. The Morgan fingerprint density at radius 3 is 2.86 bits per heavy atom. The van der Waals surface area contributed by atoms with Crippen LogP contribution in [0.25, 0.3) is 11.4 Å². The third kappa shape index (κ3) is 2.58. The van der Waals surface area contributed by atoms with Gasteiger partial charge in [0.1, 0.15) is 0 Å². The zero-order valence-corrected chi connectivity index (χ0v) is 12.2. The Balaban J connectivity index is 1.49. The van der Waals surface area contributed by atoms with Crippen molar-refractivity contribution in [1.82, 2.24) is 20.4 Å².